The lowest BCUT2D eigenvalue weighted by Crippen LogP contribution is -2.34. The van der Waals surface area contributed by atoms with Gasteiger partial charge < -0.3 is 14.8 Å². The van der Waals surface area contributed by atoms with E-state index in [1.54, 1.807) is 0 Å². The topological polar surface area (TPSA) is 104 Å². The molecule has 2 heterocycles. The van der Waals surface area contributed by atoms with Gasteiger partial charge in [0.2, 0.25) is 5.91 Å². The first-order valence-corrected chi connectivity index (χ1v) is 7.22. The molecule has 2 aliphatic heterocycles. The van der Waals surface area contributed by atoms with E-state index in [9.17, 15) is 24.3 Å². The van der Waals surface area contributed by atoms with Crippen molar-refractivity contribution in [3.05, 3.63) is 12.2 Å². The van der Waals surface area contributed by atoms with Crippen molar-refractivity contribution >= 4 is 23.7 Å². The second-order valence-corrected chi connectivity index (χ2v) is 5.16. The molecule has 0 radical (unpaired) electrons. The molecule has 22 heavy (non-hydrogen) atoms. The summed E-state index contributed by atoms with van der Waals surface area (Å²) in [6, 6.07) is 0. The Morgan fingerprint density at radius 2 is 1.86 bits per heavy atom. The maximum absolute atomic E-state index is 11.5. The highest BCUT2D eigenvalue weighted by Crippen LogP contribution is 2.14. The number of imide groups is 1. The van der Waals surface area contributed by atoms with E-state index >= 15 is 0 Å². The molecule has 0 spiro atoms. The minimum atomic E-state index is -0.871. The van der Waals surface area contributed by atoms with E-state index < -0.39 is 24.0 Å². The van der Waals surface area contributed by atoms with Gasteiger partial charge in [-0.1, -0.05) is 6.42 Å². The van der Waals surface area contributed by atoms with E-state index in [4.69, 9.17) is 4.84 Å². The van der Waals surface area contributed by atoms with Crippen molar-refractivity contribution in [2.45, 2.75) is 44.8 Å². The molecule has 1 atom stereocenters. The Kier molecular flexibility index (Phi) is 5.26. The van der Waals surface area contributed by atoms with E-state index in [1.165, 1.54) is 17.1 Å². The maximum Gasteiger partial charge on any atom is 0.333 e. The van der Waals surface area contributed by atoms with Crippen LogP contribution in [0.5, 0.6) is 0 Å². The van der Waals surface area contributed by atoms with Gasteiger partial charge in [-0.2, -0.15) is 0 Å². The normalized spacial score (nSPS) is 21.1. The van der Waals surface area contributed by atoms with Crippen molar-refractivity contribution in [1.82, 2.24) is 9.96 Å². The molecule has 3 amide bonds. The van der Waals surface area contributed by atoms with Crippen LogP contribution < -0.4 is 0 Å². The zero-order valence-corrected chi connectivity index (χ0v) is 12.1. The molecule has 1 N–H and O–H groups in total. The molecule has 0 aromatic rings. The number of hydroxylamine groups is 2. The van der Waals surface area contributed by atoms with Gasteiger partial charge in [-0.15, -0.1) is 5.06 Å². The van der Waals surface area contributed by atoms with Gasteiger partial charge in [0.1, 0.15) is 6.23 Å². The van der Waals surface area contributed by atoms with Gasteiger partial charge in [0.15, 0.2) is 0 Å². The van der Waals surface area contributed by atoms with Crippen molar-refractivity contribution in [1.29, 1.82) is 0 Å². The minimum Gasteiger partial charge on any atom is -0.370 e. The molecular formula is C14H18N2O6. The van der Waals surface area contributed by atoms with Crippen molar-refractivity contribution in [3.8, 4) is 0 Å². The average molecular weight is 310 g/mol. The minimum absolute atomic E-state index is 0.0757. The number of nitrogens with zero attached hydrogens (tertiary/aromatic N) is 2. The summed E-state index contributed by atoms with van der Waals surface area (Å²) < 4.78 is 0. The first-order valence-electron chi connectivity index (χ1n) is 7.22. The summed E-state index contributed by atoms with van der Waals surface area (Å²) in [7, 11) is 0. The van der Waals surface area contributed by atoms with Crippen molar-refractivity contribution in [2.24, 2.45) is 0 Å². The number of aliphatic hydroxyl groups is 1. The van der Waals surface area contributed by atoms with E-state index in [2.05, 4.69) is 0 Å². The maximum atomic E-state index is 11.5. The van der Waals surface area contributed by atoms with Gasteiger partial charge in [-0.25, -0.2) is 4.79 Å². The standard InChI is InChI=1S/C14H18N2O6/c17-10-5-6-11(18)15(10)9-3-1-2-4-14(21)22-16-12(19)7-8-13(16)20/h5-6,10,17H,1-4,7-9H2/t10-/m0/s1. The first-order chi connectivity index (χ1) is 10.5. The summed E-state index contributed by atoms with van der Waals surface area (Å²) in [5, 5.41) is 10.0. The molecule has 2 aliphatic rings. The molecule has 1 saturated heterocycles. The van der Waals surface area contributed by atoms with Crippen LogP contribution >= 0.6 is 0 Å². The molecule has 1 fully saturated rings. The van der Waals surface area contributed by atoms with Gasteiger partial charge in [0.25, 0.3) is 11.8 Å². The van der Waals surface area contributed by atoms with Crippen LogP contribution in [0.3, 0.4) is 0 Å². The van der Waals surface area contributed by atoms with Crippen LogP contribution in [0.15, 0.2) is 12.2 Å². The van der Waals surface area contributed by atoms with Crippen molar-refractivity contribution in [3.63, 3.8) is 0 Å². The molecule has 8 nitrogen and oxygen atoms in total. The number of amides is 3. The number of hydrogen-bond acceptors (Lipinski definition) is 6. The van der Waals surface area contributed by atoms with Crippen LogP contribution in [-0.2, 0) is 24.0 Å². The molecular weight excluding hydrogens is 292 g/mol. The SMILES string of the molecule is O=C(CCCCCN1C(=O)C=C[C@@H]1O)ON1C(=O)CCC1=O. The third-order valence-corrected chi connectivity index (χ3v) is 3.49. The smallest absolute Gasteiger partial charge is 0.333 e. The van der Waals surface area contributed by atoms with Crippen LogP contribution in [-0.4, -0.2) is 51.5 Å². The summed E-state index contributed by atoms with van der Waals surface area (Å²) in [6.07, 6.45) is 3.93. The number of unbranched alkanes of at least 4 members (excludes halogenated alkanes) is 2. The van der Waals surface area contributed by atoms with Crippen LogP contribution in [0.1, 0.15) is 38.5 Å². The molecule has 0 saturated carbocycles. The predicted molar refractivity (Wildman–Crippen MR) is 72.5 cm³/mol. The predicted octanol–water partition coefficient (Wildman–Crippen LogP) is -0.129. The lowest BCUT2D eigenvalue weighted by atomic mass is 10.2. The molecule has 120 valence electrons. The quantitative estimate of drug-likeness (QED) is 0.519. The van der Waals surface area contributed by atoms with E-state index in [-0.39, 0.29) is 25.2 Å². The molecule has 0 unspecified atom stereocenters. The Bertz CT molecular complexity index is 499. The zero-order chi connectivity index (χ0) is 16.1. The second kappa shape index (κ2) is 7.17. The van der Waals surface area contributed by atoms with Gasteiger partial charge in [-0.05, 0) is 18.9 Å². The summed E-state index contributed by atoms with van der Waals surface area (Å²) in [4.78, 5) is 51.5. The molecule has 0 aliphatic carbocycles. The number of hydrogen-bond donors (Lipinski definition) is 1. The summed E-state index contributed by atoms with van der Waals surface area (Å²) in [6.45, 7) is 0.408. The number of rotatable bonds is 7. The number of carbonyl (C=O) groups is 4. The Morgan fingerprint density at radius 1 is 1.18 bits per heavy atom. The monoisotopic (exact) mass is 310 g/mol. The third-order valence-electron chi connectivity index (χ3n) is 3.49. The van der Waals surface area contributed by atoms with Crippen LogP contribution in [0.25, 0.3) is 0 Å². The van der Waals surface area contributed by atoms with E-state index in [0.29, 0.717) is 30.9 Å². The van der Waals surface area contributed by atoms with Crippen LogP contribution in [0.4, 0.5) is 0 Å². The van der Waals surface area contributed by atoms with Crippen molar-refractivity contribution in [2.75, 3.05) is 6.54 Å². The Morgan fingerprint density at radius 3 is 2.45 bits per heavy atom. The zero-order valence-electron chi connectivity index (χ0n) is 12.1. The van der Waals surface area contributed by atoms with Gasteiger partial charge in [0.05, 0.1) is 0 Å². The molecule has 8 heteroatoms. The van der Waals surface area contributed by atoms with Crippen LogP contribution in [0.2, 0.25) is 0 Å². The second-order valence-electron chi connectivity index (χ2n) is 5.16. The molecule has 0 aromatic carbocycles. The third kappa shape index (κ3) is 3.91. The lowest BCUT2D eigenvalue weighted by molar-refractivity contribution is -0.197. The number of aliphatic hydroxyl groups excluding tert-OH is 1. The Balaban J connectivity index is 1.59. The summed E-state index contributed by atoms with van der Waals surface area (Å²) in [5.41, 5.74) is 0. The van der Waals surface area contributed by atoms with Gasteiger partial charge in [-0.3, -0.25) is 14.4 Å². The highest BCUT2D eigenvalue weighted by molar-refractivity contribution is 6.01. The summed E-state index contributed by atoms with van der Waals surface area (Å²) >= 11 is 0. The van der Waals surface area contributed by atoms with E-state index in [0.717, 1.165) is 0 Å². The fraction of sp³-hybridized carbons (Fsp3) is 0.571. The summed E-state index contributed by atoms with van der Waals surface area (Å²) in [5.74, 6) is -1.83. The fourth-order valence-electron chi connectivity index (χ4n) is 2.27. The highest BCUT2D eigenvalue weighted by atomic mass is 16.7. The molecule has 0 bridgehead atoms. The highest BCUT2D eigenvalue weighted by Gasteiger charge is 2.32. The van der Waals surface area contributed by atoms with Gasteiger partial charge >= 0.3 is 5.97 Å². The van der Waals surface area contributed by atoms with E-state index in [1.807, 2.05) is 0 Å². The van der Waals surface area contributed by atoms with Crippen LogP contribution in [0, 0.1) is 0 Å². The largest absolute Gasteiger partial charge is 0.370 e. The fourth-order valence-corrected chi connectivity index (χ4v) is 2.27. The first kappa shape index (κ1) is 16.2. The Labute approximate surface area is 127 Å². The molecule has 0 aromatic heterocycles. The average Bonchev–Trinajstić information content (AvgIpc) is 2.96. The van der Waals surface area contributed by atoms with Gasteiger partial charge in [0, 0.05) is 31.9 Å². The number of carbonyl (C=O) groups excluding carboxylic acids is 4. The lowest BCUT2D eigenvalue weighted by Gasteiger charge is -2.20. The molecule has 2 rings (SSSR count). The van der Waals surface area contributed by atoms with Crippen molar-refractivity contribution < 1.29 is 29.1 Å². The Hall–Kier alpha value is -2.22.